The molecule has 0 fully saturated rings. The van der Waals surface area contributed by atoms with E-state index < -0.39 is 0 Å². The maximum atomic E-state index is 12.9. The van der Waals surface area contributed by atoms with Crippen molar-refractivity contribution in [2.75, 3.05) is 0 Å². The summed E-state index contributed by atoms with van der Waals surface area (Å²) in [6.07, 6.45) is 0.678. The highest BCUT2D eigenvalue weighted by molar-refractivity contribution is 5.89. The summed E-state index contributed by atoms with van der Waals surface area (Å²) in [6.45, 7) is 12.1. The largest absolute Gasteiger partial charge is 0.305 e. The van der Waals surface area contributed by atoms with Crippen molar-refractivity contribution in [3.05, 3.63) is 59.8 Å². The van der Waals surface area contributed by atoms with Crippen LogP contribution in [0.1, 0.15) is 45.9 Å². The number of fused-ring (bicyclic) bond motifs is 1. The molecule has 29 heavy (non-hydrogen) atoms. The SMILES string of the molecule is Cc1nc2ccccc2nc1-c1ccc(CC(NC(C)C)C(=O)C(C)(C)C)cc1. The fraction of sp³-hybridized carbons (Fsp3) is 0.400. The number of nitrogens with zero attached hydrogens (tertiary/aromatic N) is 2. The fourth-order valence-corrected chi connectivity index (χ4v) is 3.55. The highest BCUT2D eigenvalue weighted by Crippen LogP contribution is 2.24. The molecule has 0 bridgehead atoms. The molecule has 1 unspecified atom stereocenters. The number of carbonyl (C=O) groups is 1. The van der Waals surface area contributed by atoms with Crippen molar-refractivity contribution >= 4 is 16.8 Å². The van der Waals surface area contributed by atoms with E-state index in [0.29, 0.717) is 6.42 Å². The Morgan fingerprint density at radius 2 is 1.55 bits per heavy atom. The van der Waals surface area contributed by atoms with E-state index in [1.807, 2.05) is 52.0 Å². The Balaban J connectivity index is 1.86. The lowest BCUT2D eigenvalue weighted by molar-refractivity contribution is -0.128. The molecule has 2 aromatic carbocycles. The molecule has 0 radical (unpaired) electrons. The molecule has 1 aromatic heterocycles. The fourth-order valence-electron chi connectivity index (χ4n) is 3.55. The number of carbonyl (C=O) groups excluding carboxylic acids is 1. The molecule has 152 valence electrons. The number of para-hydroxylation sites is 2. The van der Waals surface area contributed by atoms with Crippen molar-refractivity contribution < 1.29 is 4.79 Å². The Bertz CT molecular complexity index is 1000. The summed E-state index contributed by atoms with van der Waals surface area (Å²) in [5.74, 6) is 0.242. The first-order valence-electron chi connectivity index (χ1n) is 10.3. The van der Waals surface area contributed by atoms with Crippen molar-refractivity contribution in [3.8, 4) is 11.3 Å². The Morgan fingerprint density at radius 3 is 2.10 bits per heavy atom. The van der Waals surface area contributed by atoms with Crippen molar-refractivity contribution in [1.29, 1.82) is 0 Å². The minimum absolute atomic E-state index is 0.192. The number of benzene rings is 2. The van der Waals surface area contributed by atoms with Gasteiger partial charge in [0.05, 0.1) is 28.5 Å². The summed E-state index contributed by atoms with van der Waals surface area (Å²) in [5, 5.41) is 3.44. The number of nitrogens with one attached hydrogen (secondary N) is 1. The standard InChI is InChI=1S/C25H31N3O/c1-16(2)26-22(24(29)25(4,5)6)15-18-11-13-19(14-12-18)23-17(3)27-20-9-7-8-10-21(20)28-23/h7-14,16,22,26H,15H2,1-6H3. The van der Waals surface area contributed by atoms with Gasteiger partial charge >= 0.3 is 0 Å². The van der Waals surface area contributed by atoms with Crippen LogP contribution in [0.25, 0.3) is 22.3 Å². The van der Waals surface area contributed by atoms with E-state index in [4.69, 9.17) is 4.98 Å². The van der Waals surface area contributed by atoms with Gasteiger partial charge in [0, 0.05) is 17.0 Å². The van der Waals surface area contributed by atoms with Crippen LogP contribution in [0.3, 0.4) is 0 Å². The summed E-state index contributed by atoms with van der Waals surface area (Å²) in [5.41, 5.74) is 5.43. The molecular formula is C25H31N3O. The first-order valence-corrected chi connectivity index (χ1v) is 10.3. The minimum Gasteiger partial charge on any atom is -0.305 e. The summed E-state index contributed by atoms with van der Waals surface area (Å²) < 4.78 is 0. The summed E-state index contributed by atoms with van der Waals surface area (Å²) in [4.78, 5) is 22.4. The Labute approximate surface area is 173 Å². The van der Waals surface area contributed by atoms with Crippen LogP contribution in [0.5, 0.6) is 0 Å². The van der Waals surface area contributed by atoms with Gasteiger partial charge in [-0.05, 0) is 31.0 Å². The first kappa shape index (κ1) is 21.1. The van der Waals surface area contributed by atoms with Crippen LogP contribution >= 0.6 is 0 Å². The minimum atomic E-state index is -0.371. The molecule has 0 aliphatic carbocycles. The van der Waals surface area contributed by atoms with E-state index in [9.17, 15) is 4.79 Å². The smallest absolute Gasteiger partial charge is 0.155 e. The number of aryl methyl sites for hydroxylation is 1. The molecule has 1 heterocycles. The monoisotopic (exact) mass is 389 g/mol. The molecule has 1 N–H and O–H groups in total. The maximum Gasteiger partial charge on any atom is 0.155 e. The van der Waals surface area contributed by atoms with Crippen LogP contribution in [0, 0.1) is 12.3 Å². The van der Waals surface area contributed by atoms with E-state index in [1.165, 1.54) is 0 Å². The molecule has 0 amide bonds. The van der Waals surface area contributed by atoms with Crippen molar-refractivity contribution in [2.45, 2.75) is 60.0 Å². The normalized spacial score (nSPS) is 13.1. The van der Waals surface area contributed by atoms with Crippen molar-refractivity contribution in [3.63, 3.8) is 0 Å². The average Bonchev–Trinajstić information content (AvgIpc) is 2.66. The zero-order chi connectivity index (χ0) is 21.2. The lowest BCUT2D eigenvalue weighted by atomic mass is 9.84. The second-order valence-electron chi connectivity index (χ2n) is 9.04. The predicted octanol–water partition coefficient (Wildman–Crippen LogP) is 5.13. The third kappa shape index (κ3) is 5.07. The van der Waals surface area contributed by atoms with Gasteiger partial charge in [-0.2, -0.15) is 0 Å². The molecule has 4 heteroatoms. The van der Waals surface area contributed by atoms with Gasteiger partial charge in [0.1, 0.15) is 0 Å². The second kappa shape index (κ2) is 8.42. The highest BCUT2D eigenvalue weighted by Gasteiger charge is 2.30. The van der Waals surface area contributed by atoms with Gasteiger partial charge in [-0.1, -0.05) is 71.0 Å². The van der Waals surface area contributed by atoms with Crippen LogP contribution < -0.4 is 5.32 Å². The molecule has 3 aromatic rings. The molecule has 0 spiro atoms. The summed E-state index contributed by atoms with van der Waals surface area (Å²) in [7, 11) is 0. The van der Waals surface area contributed by atoms with Crippen molar-refractivity contribution in [2.24, 2.45) is 5.41 Å². The van der Waals surface area contributed by atoms with Gasteiger partial charge in [0.15, 0.2) is 5.78 Å². The van der Waals surface area contributed by atoms with Gasteiger partial charge in [-0.3, -0.25) is 4.79 Å². The van der Waals surface area contributed by atoms with Gasteiger partial charge < -0.3 is 5.32 Å². The van der Waals surface area contributed by atoms with Gasteiger partial charge in [-0.25, -0.2) is 9.97 Å². The van der Waals surface area contributed by atoms with Crippen LogP contribution in [0.15, 0.2) is 48.5 Å². The van der Waals surface area contributed by atoms with E-state index in [2.05, 4.69) is 48.4 Å². The van der Waals surface area contributed by atoms with Crippen LogP contribution in [0.2, 0.25) is 0 Å². The number of rotatable bonds is 6. The van der Waals surface area contributed by atoms with E-state index >= 15 is 0 Å². The van der Waals surface area contributed by atoms with Gasteiger partial charge in [-0.15, -0.1) is 0 Å². The quantitative estimate of drug-likeness (QED) is 0.635. The molecule has 0 aliphatic rings. The highest BCUT2D eigenvalue weighted by atomic mass is 16.1. The molecular weight excluding hydrogens is 358 g/mol. The Morgan fingerprint density at radius 1 is 0.966 bits per heavy atom. The van der Waals surface area contributed by atoms with E-state index in [1.54, 1.807) is 0 Å². The average molecular weight is 390 g/mol. The third-order valence-electron chi connectivity index (χ3n) is 5.00. The van der Waals surface area contributed by atoms with Gasteiger partial charge in [0.2, 0.25) is 0 Å². The molecule has 3 rings (SSSR count). The summed E-state index contributed by atoms with van der Waals surface area (Å²) in [6, 6.07) is 16.3. The third-order valence-corrected chi connectivity index (χ3v) is 5.00. The lowest BCUT2D eigenvalue weighted by Gasteiger charge is -2.27. The Hall–Kier alpha value is -2.59. The topological polar surface area (TPSA) is 54.9 Å². The number of ketones is 1. The van der Waals surface area contributed by atoms with Crippen molar-refractivity contribution in [1.82, 2.24) is 15.3 Å². The molecule has 0 saturated heterocycles. The van der Waals surface area contributed by atoms with Crippen LogP contribution in [0.4, 0.5) is 0 Å². The second-order valence-corrected chi connectivity index (χ2v) is 9.04. The molecule has 4 nitrogen and oxygen atoms in total. The van der Waals surface area contributed by atoms with Crippen LogP contribution in [-0.2, 0) is 11.2 Å². The number of Topliss-reactive ketones (excluding diaryl/α,β-unsaturated/α-hetero) is 1. The van der Waals surface area contributed by atoms with E-state index in [-0.39, 0.29) is 23.3 Å². The predicted molar refractivity (Wildman–Crippen MR) is 120 cm³/mol. The first-order chi connectivity index (χ1) is 13.6. The zero-order valence-electron chi connectivity index (χ0n) is 18.3. The number of aromatic nitrogens is 2. The van der Waals surface area contributed by atoms with Crippen LogP contribution in [-0.4, -0.2) is 27.8 Å². The maximum absolute atomic E-state index is 12.9. The summed E-state index contributed by atoms with van der Waals surface area (Å²) >= 11 is 0. The van der Waals surface area contributed by atoms with E-state index in [0.717, 1.165) is 33.5 Å². The van der Waals surface area contributed by atoms with Gasteiger partial charge in [0.25, 0.3) is 0 Å². The lowest BCUT2D eigenvalue weighted by Crippen LogP contribution is -2.47. The molecule has 0 aliphatic heterocycles. The molecule has 0 saturated carbocycles. The number of hydrogen-bond acceptors (Lipinski definition) is 4. The number of hydrogen-bond donors (Lipinski definition) is 1. The Kier molecular flexibility index (Phi) is 6.13. The molecule has 1 atom stereocenters. The zero-order valence-corrected chi connectivity index (χ0v) is 18.3.